The van der Waals surface area contributed by atoms with Crippen molar-refractivity contribution in [3.8, 4) is 0 Å². The molecule has 0 radical (unpaired) electrons. The van der Waals surface area contributed by atoms with Gasteiger partial charge in [-0.1, -0.05) is 23.3 Å². The molecule has 6 heteroatoms. The summed E-state index contributed by atoms with van der Waals surface area (Å²) in [5, 5.41) is 11.0. The molecule has 0 aromatic heterocycles. The molecule has 1 rings (SSSR count). The fourth-order valence-corrected chi connectivity index (χ4v) is 1.54. The van der Waals surface area contributed by atoms with Crippen LogP contribution in [0.25, 0.3) is 6.08 Å². The molecular weight excluding hydrogens is 258 g/mol. The summed E-state index contributed by atoms with van der Waals surface area (Å²) in [7, 11) is 1.30. The van der Waals surface area contributed by atoms with Gasteiger partial charge in [-0.25, -0.2) is 0 Å². The first kappa shape index (κ1) is 14.2. The molecule has 0 atom stereocenters. The zero-order valence-corrected chi connectivity index (χ0v) is 10.7. The van der Waals surface area contributed by atoms with Crippen LogP contribution in [0.4, 0.5) is 5.69 Å². The molecule has 0 bridgehead atoms. The van der Waals surface area contributed by atoms with Gasteiger partial charge in [-0.15, -0.1) is 0 Å². The monoisotopic (exact) mass is 269 g/mol. The van der Waals surface area contributed by atoms with E-state index < -0.39 is 4.92 Å². The van der Waals surface area contributed by atoms with Gasteiger partial charge in [0.2, 0.25) is 0 Å². The highest BCUT2D eigenvalue weighted by molar-refractivity contribution is 6.32. The highest BCUT2D eigenvalue weighted by Crippen LogP contribution is 2.24. The third-order valence-corrected chi connectivity index (χ3v) is 2.59. The normalized spacial score (nSPS) is 11.2. The maximum atomic E-state index is 11.1. The Kier molecular flexibility index (Phi) is 4.85. The lowest BCUT2D eigenvalue weighted by Crippen LogP contribution is -2.00. The lowest BCUT2D eigenvalue weighted by atomic mass is 10.1. The van der Waals surface area contributed by atoms with E-state index in [1.54, 1.807) is 13.0 Å². The van der Waals surface area contributed by atoms with Crippen LogP contribution < -0.4 is 0 Å². The van der Waals surface area contributed by atoms with Crippen molar-refractivity contribution in [1.29, 1.82) is 0 Å². The number of carbonyl (C=O) groups excluding carboxylic acids is 1. The smallest absolute Gasteiger partial charge is 0.309 e. The minimum absolute atomic E-state index is 0.0449. The van der Waals surface area contributed by atoms with Gasteiger partial charge in [0.05, 0.1) is 18.5 Å². The minimum atomic E-state index is -0.497. The number of hydrogen-bond acceptors (Lipinski definition) is 4. The average Bonchev–Trinajstić information content (AvgIpc) is 2.31. The highest BCUT2D eigenvalue weighted by atomic mass is 35.5. The number of ether oxygens (including phenoxy) is 1. The lowest BCUT2D eigenvalue weighted by molar-refractivity contribution is -0.384. The van der Waals surface area contributed by atoms with E-state index in [1.807, 2.05) is 0 Å². The molecular formula is C12H12ClNO4. The van der Waals surface area contributed by atoms with Crippen LogP contribution in [0.1, 0.15) is 18.9 Å². The second-order valence-electron chi connectivity index (χ2n) is 3.71. The summed E-state index contributed by atoms with van der Waals surface area (Å²) >= 11 is 5.93. The van der Waals surface area contributed by atoms with Gasteiger partial charge in [-0.2, -0.15) is 0 Å². The van der Waals surface area contributed by atoms with Crippen LogP contribution in [0.5, 0.6) is 0 Å². The first-order chi connectivity index (χ1) is 8.43. The van der Waals surface area contributed by atoms with E-state index in [4.69, 9.17) is 11.6 Å². The van der Waals surface area contributed by atoms with Crippen molar-refractivity contribution in [2.75, 3.05) is 7.11 Å². The topological polar surface area (TPSA) is 69.4 Å². The molecule has 1 aromatic rings. The first-order valence-electron chi connectivity index (χ1n) is 5.12. The number of nitrogens with zero attached hydrogens (tertiary/aromatic N) is 1. The van der Waals surface area contributed by atoms with Gasteiger partial charge in [-0.3, -0.25) is 14.9 Å². The number of nitro benzene ring substituents is 1. The predicted octanol–water partition coefficient (Wildman–Crippen LogP) is 3.21. The average molecular weight is 270 g/mol. The summed E-state index contributed by atoms with van der Waals surface area (Å²) in [5.74, 6) is -0.370. The Morgan fingerprint density at radius 2 is 2.22 bits per heavy atom. The molecule has 0 N–H and O–H groups in total. The molecule has 18 heavy (non-hydrogen) atoms. The number of carbonyl (C=O) groups is 1. The number of hydrogen-bond donors (Lipinski definition) is 0. The second kappa shape index (κ2) is 6.16. The molecule has 0 saturated heterocycles. The van der Waals surface area contributed by atoms with Crippen LogP contribution in [0.3, 0.4) is 0 Å². The standard InChI is InChI=1S/C12H12ClNO4/c1-8(6-12(15)18-2)5-9-7-10(14(16)17)3-4-11(9)13/h3-5,7H,6H2,1-2H3. The number of halogens is 1. The van der Waals surface area contributed by atoms with Crippen molar-refractivity contribution >= 4 is 29.3 Å². The molecule has 5 nitrogen and oxygen atoms in total. The zero-order valence-electron chi connectivity index (χ0n) is 9.97. The molecule has 0 heterocycles. The number of rotatable bonds is 4. The van der Waals surface area contributed by atoms with Crippen molar-refractivity contribution in [3.63, 3.8) is 0 Å². The Bertz CT molecular complexity index is 511. The zero-order chi connectivity index (χ0) is 13.7. The van der Waals surface area contributed by atoms with Crippen LogP contribution >= 0.6 is 11.6 Å². The number of methoxy groups -OCH3 is 1. The van der Waals surface area contributed by atoms with Gasteiger partial charge in [0.1, 0.15) is 0 Å². The van der Waals surface area contributed by atoms with Gasteiger partial charge in [-0.05, 0) is 18.6 Å². The Hall–Kier alpha value is -1.88. The number of nitro groups is 1. The fraction of sp³-hybridized carbons (Fsp3) is 0.250. The van der Waals surface area contributed by atoms with Gasteiger partial charge >= 0.3 is 5.97 Å². The Morgan fingerprint density at radius 3 is 2.78 bits per heavy atom. The minimum Gasteiger partial charge on any atom is -0.469 e. The maximum Gasteiger partial charge on any atom is 0.309 e. The van der Waals surface area contributed by atoms with Gasteiger partial charge in [0.15, 0.2) is 0 Å². The van der Waals surface area contributed by atoms with Crippen LogP contribution in [0, 0.1) is 10.1 Å². The van der Waals surface area contributed by atoms with Crippen molar-refractivity contribution in [3.05, 3.63) is 44.5 Å². The molecule has 0 unspecified atom stereocenters. The van der Waals surface area contributed by atoms with E-state index in [0.29, 0.717) is 16.2 Å². The third kappa shape index (κ3) is 3.85. The van der Waals surface area contributed by atoms with E-state index in [-0.39, 0.29) is 18.1 Å². The maximum absolute atomic E-state index is 11.1. The third-order valence-electron chi connectivity index (χ3n) is 2.24. The van der Waals surface area contributed by atoms with Crippen LogP contribution in [0.15, 0.2) is 23.8 Å². The second-order valence-corrected chi connectivity index (χ2v) is 4.11. The van der Waals surface area contributed by atoms with Crippen LogP contribution in [-0.2, 0) is 9.53 Å². The quantitative estimate of drug-likeness (QED) is 0.478. The first-order valence-corrected chi connectivity index (χ1v) is 5.49. The SMILES string of the molecule is COC(=O)CC(C)=Cc1cc([N+](=O)[O-])ccc1Cl. The largest absolute Gasteiger partial charge is 0.469 e. The summed E-state index contributed by atoms with van der Waals surface area (Å²) in [4.78, 5) is 21.2. The van der Waals surface area contributed by atoms with E-state index in [2.05, 4.69) is 4.74 Å². The van der Waals surface area contributed by atoms with Crippen LogP contribution in [0.2, 0.25) is 5.02 Å². The van der Waals surface area contributed by atoms with Crippen molar-refractivity contribution in [2.45, 2.75) is 13.3 Å². The Labute approximate surface area is 109 Å². The Morgan fingerprint density at radius 1 is 1.56 bits per heavy atom. The van der Waals surface area contributed by atoms with E-state index in [1.165, 1.54) is 25.3 Å². The van der Waals surface area contributed by atoms with E-state index in [9.17, 15) is 14.9 Å². The van der Waals surface area contributed by atoms with Crippen molar-refractivity contribution < 1.29 is 14.5 Å². The fourth-order valence-electron chi connectivity index (χ4n) is 1.37. The summed E-state index contributed by atoms with van der Waals surface area (Å²) in [6, 6.07) is 4.15. The number of esters is 1. The molecule has 0 aliphatic carbocycles. The van der Waals surface area contributed by atoms with Gasteiger partial charge in [0, 0.05) is 17.2 Å². The van der Waals surface area contributed by atoms with Gasteiger partial charge < -0.3 is 4.74 Å². The van der Waals surface area contributed by atoms with E-state index >= 15 is 0 Å². The summed E-state index contributed by atoms with van der Waals surface area (Å²) in [6.45, 7) is 1.73. The predicted molar refractivity (Wildman–Crippen MR) is 68.4 cm³/mol. The number of non-ortho nitro benzene ring substituents is 1. The van der Waals surface area contributed by atoms with Gasteiger partial charge in [0.25, 0.3) is 5.69 Å². The molecule has 0 amide bonds. The summed E-state index contributed by atoms with van der Waals surface area (Å²) < 4.78 is 4.53. The molecule has 0 aliphatic rings. The number of benzene rings is 1. The van der Waals surface area contributed by atoms with Crippen LogP contribution in [-0.4, -0.2) is 18.0 Å². The molecule has 96 valence electrons. The molecule has 0 fully saturated rings. The molecule has 1 aromatic carbocycles. The molecule has 0 aliphatic heterocycles. The molecule has 0 saturated carbocycles. The lowest BCUT2D eigenvalue weighted by Gasteiger charge is -2.02. The summed E-state index contributed by atoms with van der Waals surface area (Å²) in [6.07, 6.45) is 1.75. The summed E-state index contributed by atoms with van der Waals surface area (Å²) in [5.41, 5.74) is 1.17. The highest BCUT2D eigenvalue weighted by Gasteiger charge is 2.09. The molecule has 0 spiro atoms. The Balaban J connectivity index is 3.02. The van der Waals surface area contributed by atoms with Crippen molar-refractivity contribution in [2.24, 2.45) is 0 Å². The van der Waals surface area contributed by atoms with Crippen molar-refractivity contribution in [1.82, 2.24) is 0 Å². The van der Waals surface area contributed by atoms with E-state index in [0.717, 1.165) is 0 Å².